The largest absolute Gasteiger partial charge is 0.355 e. The Morgan fingerprint density at radius 1 is 1.29 bits per heavy atom. The van der Waals surface area contributed by atoms with Gasteiger partial charge in [0.2, 0.25) is 0 Å². The third-order valence-corrected chi connectivity index (χ3v) is 4.38. The second-order valence-corrected chi connectivity index (χ2v) is 6.04. The molecule has 2 aromatic rings. The van der Waals surface area contributed by atoms with Crippen LogP contribution in [0, 0.1) is 6.92 Å². The van der Waals surface area contributed by atoms with Crippen molar-refractivity contribution in [1.29, 1.82) is 0 Å². The van der Waals surface area contributed by atoms with E-state index in [0.717, 1.165) is 47.4 Å². The van der Waals surface area contributed by atoms with Gasteiger partial charge in [-0.05, 0) is 42.1 Å². The molecular weight excluding hydrogens is 334 g/mol. The first-order valence-corrected chi connectivity index (χ1v) is 7.97. The number of aromatic nitrogens is 1. The summed E-state index contributed by atoms with van der Waals surface area (Å²) in [7, 11) is 0. The molecule has 1 aliphatic rings. The van der Waals surface area contributed by atoms with E-state index < -0.39 is 0 Å². The Morgan fingerprint density at radius 3 is 2.81 bits per heavy atom. The first-order valence-electron chi connectivity index (χ1n) is 7.18. The first kappa shape index (κ1) is 14.8. The van der Waals surface area contributed by atoms with Crippen molar-refractivity contribution in [2.24, 2.45) is 0 Å². The zero-order valence-corrected chi connectivity index (χ0v) is 13.6. The molecule has 3 rings (SSSR count). The molecule has 1 aromatic heterocycles. The lowest BCUT2D eigenvalue weighted by Crippen LogP contribution is -2.22. The van der Waals surface area contributed by atoms with Gasteiger partial charge < -0.3 is 14.0 Å². The number of benzene rings is 1. The maximum absolute atomic E-state index is 5.74. The highest BCUT2D eigenvalue weighted by Crippen LogP contribution is 2.32. The van der Waals surface area contributed by atoms with Crippen LogP contribution in [0.5, 0.6) is 0 Å². The standard InChI is InChI=1S/C16H18BrNO3/c1-11-5-7-12(8-6-11)16-15(17)13(18-21-16)10-20-14-4-2-3-9-19-14/h5-8,14H,2-4,9-10H2,1H3. The van der Waals surface area contributed by atoms with Gasteiger partial charge in [0.15, 0.2) is 12.1 Å². The van der Waals surface area contributed by atoms with Gasteiger partial charge in [-0.3, -0.25) is 0 Å². The summed E-state index contributed by atoms with van der Waals surface area (Å²) < 4.78 is 17.6. The van der Waals surface area contributed by atoms with E-state index in [4.69, 9.17) is 14.0 Å². The Kier molecular flexibility index (Phi) is 4.73. The van der Waals surface area contributed by atoms with Crippen LogP contribution >= 0.6 is 15.9 Å². The van der Waals surface area contributed by atoms with Gasteiger partial charge in [-0.25, -0.2) is 0 Å². The maximum Gasteiger partial charge on any atom is 0.181 e. The van der Waals surface area contributed by atoms with Crippen molar-refractivity contribution < 1.29 is 14.0 Å². The van der Waals surface area contributed by atoms with Gasteiger partial charge in [0.05, 0.1) is 11.1 Å². The first-order chi connectivity index (χ1) is 10.2. The lowest BCUT2D eigenvalue weighted by molar-refractivity contribution is -0.169. The van der Waals surface area contributed by atoms with Crippen LogP contribution in [0.1, 0.15) is 30.5 Å². The van der Waals surface area contributed by atoms with Crippen LogP contribution in [-0.4, -0.2) is 18.1 Å². The quantitative estimate of drug-likeness (QED) is 0.815. The van der Waals surface area contributed by atoms with Crippen LogP contribution in [0.15, 0.2) is 33.3 Å². The van der Waals surface area contributed by atoms with Gasteiger partial charge >= 0.3 is 0 Å². The van der Waals surface area contributed by atoms with E-state index in [0.29, 0.717) is 6.61 Å². The van der Waals surface area contributed by atoms with Crippen LogP contribution in [0.3, 0.4) is 0 Å². The number of halogens is 1. The number of ether oxygens (including phenoxy) is 2. The summed E-state index contributed by atoms with van der Waals surface area (Å²) in [6, 6.07) is 8.15. The highest BCUT2D eigenvalue weighted by molar-refractivity contribution is 9.10. The molecule has 4 nitrogen and oxygen atoms in total. The predicted octanol–water partition coefficient (Wildman–Crippen LogP) is 4.46. The molecule has 21 heavy (non-hydrogen) atoms. The van der Waals surface area contributed by atoms with Crippen LogP contribution in [0.2, 0.25) is 0 Å². The Balaban J connectivity index is 1.68. The zero-order valence-electron chi connectivity index (χ0n) is 12.0. The van der Waals surface area contributed by atoms with Crippen molar-refractivity contribution in [3.05, 3.63) is 40.0 Å². The van der Waals surface area contributed by atoms with E-state index >= 15 is 0 Å². The number of hydrogen-bond donors (Lipinski definition) is 0. The molecule has 1 fully saturated rings. The Morgan fingerprint density at radius 2 is 2.10 bits per heavy atom. The molecule has 0 N–H and O–H groups in total. The number of hydrogen-bond acceptors (Lipinski definition) is 4. The summed E-state index contributed by atoms with van der Waals surface area (Å²) >= 11 is 3.55. The van der Waals surface area contributed by atoms with Crippen LogP contribution in [-0.2, 0) is 16.1 Å². The number of rotatable bonds is 4. The van der Waals surface area contributed by atoms with Crippen LogP contribution in [0.4, 0.5) is 0 Å². The van der Waals surface area contributed by atoms with Crippen molar-refractivity contribution in [1.82, 2.24) is 5.16 Å². The van der Waals surface area contributed by atoms with Crippen molar-refractivity contribution >= 4 is 15.9 Å². The van der Waals surface area contributed by atoms with E-state index in [1.807, 2.05) is 12.1 Å². The van der Waals surface area contributed by atoms with E-state index in [1.165, 1.54) is 5.56 Å². The normalized spacial score (nSPS) is 18.9. The minimum atomic E-state index is -0.120. The minimum Gasteiger partial charge on any atom is -0.355 e. The van der Waals surface area contributed by atoms with E-state index in [2.05, 4.69) is 40.1 Å². The second kappa shape index (κ2) is 6.73. The Labute approximate surface area is 132 Å². The van der Waals surface area contributed by atoms with Gasteiger partial charge in [-0.15, -0.1) is 0 Å². The minimum absolute atomic E-state index is 0.120. The molecule has 0 aliphatic carbocycles. The summed E-state index contributed by atoms with van der Waals surface area (Å²) in [6.07, 6.45) is 3.09. The van der Waals surface area contributed by atoms with Crippen molar-refractivity contribution in [3.8, 4) is 11.3 Å². The summed E-state index contributed by atoms with van der Waals surface area (Å²) in [6.45, 7) is 3.22. The van der Waals surface area contributed by atoms with Crippen LogP contribution in [0.25, 0.3) is 11.3 Å². The maximum atomic E-state index is 5.74. The molecule has 5 heteroatoms. The summed E-state index contributed by atoms with van der Waals surface area (Å²) in [5, 5.41) is 4.10. The van der Waals surface area contributed by atoms with Gasteiger partial charge in [-0.2, -0.15) is 0 Å². The van der Waals surface area contributed by atoms with Gasteiger partial charge in [0, 0.05) is 12.2 Å². The average molecular weight is 352 g/mol. The smallest absolute Gasteiger partial charge is 0.181 e. The number of aryl methyl sites for hydroxylation is 1. The molecule has 0 radical (unpaired) electrons. The molecule has 1 unspecified atom stereocenters. The van der Waals surface area contributed by atoms with Crippen molar-refractivity contribution in [3.63, 3.8) is 0 Å². The summed E-state index contributed by atoms with van der Waals surface area (Å²) in [4.78, 5) is 0. The topological polar surface area (TPSA) is 44.5 Å². The van der Waals surface area contributed by atoms with E-state index in [-0.39, 0.29) is 6.29 Å². The fourth-order valence-electron chi connectivity index (χ4n) is 2.30. The third kappa shape index (κ3) is 3.54. The SMILES string of the molecule is Cc1ccc(-c2onc(COC3CCCCO3)c2Br)cc1. The molecule has 2 heterocycles. The molecule has 0 spiro atoms. The second-order valence-electron chi connectivity index (χ2n) is 5.25. The third-order valence-electron chi connectivity index (χ3n) is 3.56. The molecule has 0 saturated carbocycles. The monoisotopic (exact) mass is 351 g/mol. The van der Waals surface area contributed by atoms with Crippen LogP contribution < -0.4 is 0 Å². The highest BCUT2D eigenvalue weighted by Gasteiger charge is 2.19. The van der Waals surface area contributed by atoms with Gasteiger partial charge in [-0.1, -0.05) is 35.0 Å². The summed E-state index contributed by atoms with van der Waals surface area (Å²) in [5.74, 6) is 0.734. The van der Waals surface area contributed by atoms with E-state index in [1.54, 1.807) is 0 Å². The fourth-order valence-corrected chi connectivity index (χ4v) is 2.79. The molecule has 0 bridgehead atoms. The van der Waals surface area contributed by atoms with Gasteiger partial charge in [0.25, 0.3) is 0 Å². The van der Waals surface area contributed by atoms with Crippen molar-refractivity contribution in [2.75, 3.05) is 6.61 Å². The molecule has 1 saturated heterocycles. The van der Waals surface area contributed by atoms with Gasteiger partial charge in [0.1, 0.15) is 5.69 Å². The predicted molar refractivity (Wildman–Crippen MR) is 82.8 cm³/mol. The zero-order chi connectivity index (χ0) is 14.7. The summed E-state index contributed by atoms with van der Waals surface area (Å²) in [5.41, 5.74) is 2.98. The molecular formula is C16H18BrNO3. The number of nitrogens with zero attached hydrogens (tertiary/aromatic N) is 1. The lowest BCUT2D eigenvalue weighted by Gasteiger charge is -2.22. The Hall–Kier alpha value is -1.17. The average Bonchev–Trinajstić information content (AvgIpc) is 2.88. The Bertz CT molecular complexity index is 588. The molecule has 1 aromatic carbocycles. The molecule has 112 valence electrons. The highest BCUT2D eigenvalue weighted by atomic mass is 79.9. The molecule has 1 atom stereocenters. The van der Waals surface area contributed by atoms with Crippen molar-refractivity contribution in [2.45, 2.75) is 39.1 Å². The lowest BCUT2D eigenvalue weighted by atomic mass is 10.1. The fraction of sp³-hybridized carbons (Fsp3) is 0.438. The molecule has 0 amide bonds. The molecule has 1 aliphatic heterocycles. The van der Waals surface area contributed by atoms with E-state index in [9.17, 15) is 0 Å².